The van der Waals surface area contributed by atoms with E-state index in [2.05, 4.69) is 48.5 Å². The molecule has 0 aromatic rings. The molecular formula is C60H113N3O4. The number of carbonyl (C=O) groups is 3. The lowest BCUT2D eigenvalue weighted by molar-refractivity contribution is -0.140. The molecule has 0 spiro atoms. The highest BCUT2D eigenvalue weighted by Gasteiger charge is 2.19. The van der Waals surface area contributed by atoms with E-state index in [0.717, 1.165) is 96.9 Å². The summed E-state index contributed by atoms with van der Waals surface area (Å²) < 4.78 is 4.83. The van der Waals surface area contributed by atoms with Crippen LogP contribution in [-0.4, -0.2) is 91.8 Å². The van der Waals surface area contributed by atoms with Crippen LogP contribution in [0.4, 0.5) is 0 Å². The zero-order chi connectivity index (χ0) is 48.7. The molecule has 7 nitrogen and oxygen atoms in total. The van der Waals surface area contributed by atoms with Crippen LogP contribution >= 0.6 is 0 Å². The molecule has 0 atom stereocenters. The monoisotopic (exact) mass is 940 g/mol. The predicted molar refractivity (Wildman–Crippen MR) is 290 cm³/mol. The van der Waals surface area contributed by atoms with Gasteiger partial charge in [0.25, 0.3) is 0 Å². The van der Waals surface area contributed by atoms with Crippen LogP contribution in [0.3, 0.4) is 0 Å². The number of hydrogen-bond donors (Lipinski definition) is 0. The Morgan fingerprint density at radius 2 is 0.896 bits per heavy atom. The molecular weight excluding hydrogens is 827 g/mol. The smallest absolute Gasteiger partial charge is 0.305 e. The van der Waals surface area contributed by atoms with E-state index in [1.807, 2.05) is 6.08 Å². The second kappa shape index (κ2) is 47.7. The van der Waals surface area contributed by atoms with Crippen molar-refractivity contribution in [2.75, 3.05) is 59.5 Å². The van der Waals surface area contributed by atoms with Gasteiger partial charge < -0.3 is 14.5 Å². The van der Waals surface area contributed by atoms with Crippen LogP contribution in [0, 0.1) is 0 Å². The Morgan fingerprint density at radius 1 is 0.478 bits per heavy atom. The second-order valence-electron chi connectivity index (χ2n) is 20.8. The van der Waals surface area contributed by atoms with Gasteiger partial charge in [0.05, 0.1) is 13.7 Å². The van der Waals surface area contributed by atoms with Crippen molar-refractivity contribution >= 4 is 17.7 Å². The Labute approximate surface area is 417 Å². The van der Waals surface area contributed by atoms with Crippen molar-refractivity contribution in [1.82, 2.24) is 14.7 Å². The lowest BCUT2D eigenvalue weighted by Gasteiger charge is -2.24. The maximum absolute atomic E-state index is 13.9. The Morgan fingerprint density at radius 3 is 1.36 bits per heavy atom. The zero-order valence-electron chi connectivity index (χ0n) is 45.6. The largest absolute Gasteiger partial charge is 0.469 e. The van der Waals surface area contributed by atoms with E-state index in [1.54, 1.807) is 0 Å². The van der Waals surface area contributed by atoms with Gasteiger partial charge in [-0.25, -0.2) is 0 Å². The topological polar surface area (TPSA) is 70.2 Å². The molecule has 1 amide bonds. The third-order valence-corrected chi connectivity index (χ3v) is 14.5. The molecule has 0 N–H and O–H groups in total. The van der Waals surface area contributed by atoms with E-state index in [4.69, 9.17) is 4.74 Å². The van der Waals surface area contributed by atoms with E-state index in [9.17, 15) is 14.4 Å². The first-order valence-electron chi connectivity index (χ1n) is 29.6. The van der Waals surface area contributed by atoms with Crippen LogP contribution in [0.1, 0.15) is 285 Å². The molecule has 0 bridgehead atoms. The second-order valence-corrected chi connectivity index (χ2v) is 20.8. The Balaban J connectivity index is 2.89. The Bertz CT molecular complexity index is 1180. The van der Waals surface area contributed by atoms with E-state index >= 15 is 0 Å². The summed E-state index contributed by atoms with van der Waals surface area (Å²) in [4.78, 5) is 46.3. The molecule has 0 unspecified atom stereocenters. The Hall–Kier alpha value is -1.99. The number of nitrogens with zero attached hydrogens (tertiary/aromatic N) is 3. The van der Waals surface area contributed by atoms with Crippen LogP contribution in [0.5, 0.6) is 0 Å². The number of hydrogen-bond acceptors (Lipinski definition) is 6. The van der Waals surface area contributed by atoms with Crippen molar-refractivity contribution in [3.63, 3.8) is 0 Å². The summed E-state index contributed by atoms with van der Waals surface area (Å²) in [6.45, 7) is 16.7. The van der Waals surface area contributed by atoms with Gasteiger partial charge in [-0.1, -0.05) is 218 Å². The van der Waals surface area contributed by atoms with Gasteiger partial charge >= 0.3 is 5.97 Å². The van der Waals surface area contributed by atoms with Gasteiger partial charge in [-0.15, -0.1) is 0 Å². The van der Waals surface area contributed by atoms with Crippen LogP contribution in [0.2, 0.25) is 0 Å². The van der Waals surface area contributed by atoms with Gasteiger partial charge in [-0.2, -0.15) is 0 Å². The quantitative estimate of drug-likeness (QED) is 0.0262. The molecule has 7 heteroatoms. The van der Waals surface area contributed by atoms with Crippen LogP contribution < -0.4 is 0 Å². The number of likely N-dealkylation sites (tertiary alicyclic amines) is 1. The van der Waals surface area contributed by atoms with Crippen molar-refractivity contribution < 1.29 is 19.1 Å². The summed E-state index contributed by atoms with van der Waals surface area (Å²) in [5.41, 5.74) is 2.68. The van der Waals surface area contributed by atoms with E-state index in [-0.39, 0.29) is 17.7 Å². The number of ketones is 1. The fraction of sp³-hybridized carbons (Fsp3) is 0.883. The fourth-order valence-electron chi connectivity index (χ4n) is 9.92. The molecule has 1 heterocycles. The number of unbranched alkanes of at least 4 members (excludes halogenated alkanes) is 28. The van der Waals surface area contributed by atoms with Crippen LogP contribution in [-0.2, 0) is 19.1 Å². The predicted octanol–water partition coefficient (Wildman–Crippen LogP) is 16.7. The zero-order valence-corrected chi connectivity index (χ0v) is 45.6. The highest BCUT2D eigenvalue weighted by atomic mass is 16.5. The summed E-state index contributed by atoms with van der Waals surface area (Å²) in [7, 11) is 1.47. The van der Waals surface area contributed by atoms with Gasteiger partial charge in [-0.3, -0.25) is 19.3 Å². The SMILES string of the molecule is CCCCCCCCCN(CCCCCCCCC)CC/C(=C/CC(=O)N1CCC/C(=C/C(=O)CN(CCCCCCCCC)CCCCCCCCC)CC1)CCCCCCCC(=O)OC. The molecule has 0 aromatic carbocycles. The number of carbonyl (C=O) groups excluding carboxylic acids is 3. The highest BCUT2D eigenvalue weighted by molar-refractivity contribution is 5.92. The molecule has 0 saturated carbocycles. The first kappa shape index (κ1) is 63.0. The molecule has 0 radical (unpaired) electrons. The maximum atomic E-state index is 13.9. The minimum absolute atomic E-state index is 0.109. The summed E-state index contributed by atoms with van der Waals surface area (Å²) in [6.07, 6.45) is 52.4. The summed E-state index contributed by atoms with van der Waals surface area (Å²) >= 11 is 0. The van der Waals surface area contributed by atoms with E-state index in [1.165, 1.54) is 211 Å². The molecule has 0 aliphatic carbocycles. The average molecular weight is 941 g/mol. The number of ether oxygens (including phenoxy) is 1. The molecule has 0 aromatic heterocycles. The molecule has 392 valence electrons. The van der Waals surface area contributed by atoms with Crippen molar-refractivity contribution in [3.05, 3.63) is 23.3 Å². The lowest BCUT2D eigenvalue weighted by Crippen LogP contribution is -2.32. The normalized spacial score (nSPS) is 14.2. The molecule has 1 saturated heterocycles. The number of esters is 1. The third-order valence-electron chi connectivity index (χ3n) is 14.5. The van der Waals surface area contributed by atoms with Crippen LogP contribution in [0.15, 0.2) is 23.3 Å². The molecule has 1 aliphatic rings. The minimum Gasteiger partial charge on any atom is -0.469 e. The molecule has 1 rings (SSSR count). The first-order valence-corrected chi connectivity index (χ1v) is 29.6. The summed E-state index contributed by atoms with van der Waals surface area (Å²) in [5, 5.41) is 0. The average Bonchev–Trinajstić information content (AvgIpc) is 3.57. The molecule has 1 aliphatic heterocycles. The van der Waals surface area contributed by atoms with Gasteiger partial charge in [-0.05, 0) is 103 Å². The van der Waals surface area contributed by atoms with Crippen molar-refractivity contribution in [2.24, 2.45) is 0 Å². The maximum Gasteiger partial charge on any atom is 0.305 e. The van der Waals surface area contributed by atoms with Crippen LogP contribution in [0.25, 0.3) is 0 Å². The fourth-order valence-corrected chi connectivity index (χ4v) is 9.92. The van der Waals surface area contributed by atoms with Crippen molar-refractivity contribution in [2.45, 2.75) is 285 Å². The Kier molecular flexibility index (Phi) is 44.8. The first-order chi connectivity index (χ1) is 32.9. The van der Waals surface area contributed by atoms with Crippen molar-refractivity contribution in [1.29, 1.82) is 0 Å². The van der Waals surface area contributed by atoms with E-state index in [0.29, 0.717) is 19.4 Å². The number of methoxy groups -OCH3 is 1. The van der Waals surface area contributed by atoms with Crippen molar-refractivity contribution in [3.8, 4) is 0 Å². The van der Waals surface area contributed by atoms with Gasteiger partial charge in [0.15, 0.2) is 5.78 Å². The third kappa shape index (κ3) is 39.4. The summed E-state index contributed by atoms with van der Waals surface area (Å²) in [6, 6.07) is 0. The minimum atomic E-state index is -0.109. The summed E-state index contributed by atoms with van der Waals surface area (Å²) in [5.74, 6) is 0.388. The molecule has 1 fully saturated rings. The highest BCUT2D eigenvalue weighted by Crippen LogP contribution is 2.21. The van der Waals surface area contributed by atoms with Gasteiger partial charge in [0.1, 0.15) is 0 Å². The van der Waals surface area contributed by atoms with E-state index < -0.39 is 0 Å². The van der Waals surface area contributed by atoms with Gasteiger partial charge in [0, 0.05) is 32.5 Å². The van der Waals surface area contributed by atoms with Gasteiger partial charge in [0.2, 0.25) is 5.91 Å². The molecule has 67 heavy (non-hydrogen) atoms. The number of rotatable bonds is 48. The lowest BCUT2D eigenvalue weighted by atomic mass is 10.0. The number of amides is 1. The standard InChI is InChI=1S/C60H113N3O4/c1-6-10-14-18-22-29-35-47-61(48-36-30-23-19-15-11-7-2)52-45-56(40-33-27-26-28-34-42-60(66)67-5)43-44-59(65)63-51-39-41-57(46-53-63)54-58(64)55-62(49-37-31-24-20-16-12-8-3)50-38-32-25-21-17-13-9-4/h43,54H,6-42,44-53,55H2,1-5H3/b56-43+,57-54-.